The lowest BCUT2D eigenvalue weighted by molar-refractivity contribution is 1.17. The Bertz CT molecular complexity index is 256. The van der Waals surface area contributed by atoms with Gasteiger partial charge in [-0.2, -0.15) is 12.6 Å². The number of anilines is 1. The summed E-state index contributed by atoms with van der Waals surface area (Å²) in [7, 11) is 0. The zero-order valence-electron chi connectivity index (χ0n) is 6.64. The number of rotatable bonds is 3. The molecule has 0 fully saturated rings. The Balaban J connectivity index is 2.58. The smallest absolute Gasteiger partial charge is 0.219 e. The van der Waals surface area contributed by atoms with Crippen LogP contribution < -0.4 is 5.73 Å². The van der Waals surface area contributed by atoms with Gasteiger partial charge in [0, 0.05) is 18.0 Å². The molecule has 2 N–H and O–H groups in total. The van der Waals surface area contributed by atoms with E-state index in [0.717, 1.165) is 17.7 Å². The molecule has 0 amide bonds. The van der Waals surface area contributed by atoms with E-state index in [9.17, 15) is 0 Å². The van der Waals surface area contributed by atoms with Crippen molar-refractivity contribution in [2.75, 3.05) is 11.5 Å². The lowest BCUT2D eigenvalue weighted by Gasteiger charge is -1.92. The Morgan fingerprint density at radius 3 is 2.67 bits per heavy atom. The summed E-state index contributed by atoms with van der Waals surface area (Å²) in [5.41, 5.74) is 6.29. The fourth-order valence-corrected chi connectivity index (χ4v) is 0.877. The quantitative estimate of drug-likeness (QED) is 0.693. The number of hydrogen-bond acceptors (Lipinski definition) is 4. The molecule has 0 aromatic carbocycles. The second-order valence-corrected chi connectivity index (χ2v) is 2.74. The molecule has 0 aliphatic rings. The number of nitrogen functional groups attached to an aromatic ring is 1. The molecule has 4 heteroatoms. The topological polar surface area (TPSA) is 51.8 Å². The van der Waals surface area contributed by atoms with Crippen molar-refractivity contribution in [2.24, 2.45) is 0 Å². The van der Waals surface area contributed by atoms with E-state index in [2.05, 4.69) is 22.6 Å². The molecule has 1 aromatic rings. The van der Waals surface area contributed by atoms with Crippen LogP contribution in [-0.4, -0.2) is 15.7 Å². The Morgan fingerprint density at radius 2 is 2.08 bits per heavy atom. The summed E-state index contributed by atoms with van der Waals surface area (Å²) in [6.45, 7) is 0. The molecule has 0 aliphatic heterocycles. The molecule has 0 radical (unpaired) electrons. The van der Waals surface area contributed by atoms with E-state index < -0.39 is 0 Å². The SMILES string of the molecule is Nc1ncc(C=CCCS)cn1. The molecule has 0 bridgehead atoms. The van der Waals surface area contributed by atoms with Crippen LogP contribution in [0.15, 0.2) is 18.5 Å². The molecule has 0 atom stereocenters. The Hall–Kier alpha value is -1.03. The number of allylic oxidation sites excluding steroid dienone is 1. The third-order valence-corrected chi connectivity index (χ3v) is 1.56. The fraction of sp³-hybridized carbons (Fsp3) is 0.250. The number of nitrogens with two attached hydrogens (primary N) is 1. The second kappa shape index (κ2) is 4.77. The summed E-state index contributed by atoms with van der Waals surface area (Å²) in [4.78, 5) is 7.71. The van der Waals surface area contributed by atoms with Gasteiger partial charge in [-0.1, -0.05) is 12.2 Å². The van der Waals surface area contributed by atoms with E-state index in [1.807, 2.05) is 12.2 Å². The largest absolute Gasteiger partial charge is 0.368 e. The first kappa shape index (κ1) is 9.06. The normalized spacial score (nSPS) is 10.8. The third-order valence-electron chi connectivity index (χ3n) is 1.30. The van der Waals surface area contributed by atoms with Crippen LogP contribution in [0.2, 0.25) is 0 Å². The molecule has 1 rings (SSSR count). The predicted molar refractivity (Wildman–Crippen MR) is 53.9 cm³/mol. The molecule has 0 aliphatic carbocycles. The highest BCUT2D eigenvalue weighted by Gasteiger charge is 1.87. The van der Waals surface area contributed by atoms with Crippen molar-refractivity contribution in [2.45, 2.75) is 6.42 Å². The van der Waals surface area contributed by atoms with Gasteiger partial charge in [0.2, 0.25) is 5.95 Å². The maximum atomic E-state index is 5.32. The van der Waals surface area contributed by atoms with Crippen molar-refractivity contribution in [1.29, 1.82) is 0 Å². The minimum atomic E-state index is 0.307. The number of aromatic nitrogens is 2. The highest BCUT2D eigenvalue weighted by Crippen LogP contribution is 2.00. The molecule has 1 aromatic heterocycles. The number of thiol groups is 1. The van der Waals surface area contributed by atoms with E-state index >= 15 is 0 Å². The molecular formula is C8H11N3S. The standard InChI is InChI=1S/C8H11N3S/c9-8-10-5-7(6-11-8)3-1-2-4-12/h1,3,5-6,12H,2,4H2,(H2,9,10,11). The van der Waals surface area contributed by atoms with Crippen LogP contribution in [0.5, 0.6) is 0 Å². The van der Waals surface area contributed by atoms with E-state index in [4.69, 9.17) is 5.73 Å². The monoisotopic (exact) mass is 181 g/mol. The van der Waals surface area contributed by atoms with Gasteiger partial charge in [0.05, 0.1) is 0 Å². The van der Waals surface area contributed by atoms with Crippen molar-refractivity contribution >= 4 is 24.7 Å². The van der Waals surface area contributed by atoms with Gasteiger partial charge < -0.3 is 5.73 Å². The lowest BCUT2D eigenvalue weighted by atomic mass is 10.3. The maximum absolute atomic E-state index is 5.32. The highest BCUT2D eigenvalue weighted by molar-refractivity contribution is 7.80. The van der Waals surface area contributed by atoms with Gasteiger partial charge in [-0.15, -0.1) is 0 Å². The highest BCUT2D eigenvalue weighted by atomic mass is 32.1. The lowest BCUT2D eigenvalue weighted by Crippen LogP contribution is -1.92. The van der Waals surface area contributed by atoms with Gasteiger partial charge in [-0.25, -0.2) is 9.97 Å². The van der Waals surface area contributed by atoms with Gasteiger partial charge in [0.25, 0.3) is 0 Å². The van der Waals surface area contributed by atoms with Crippen LogP contribution in [0.1, 0.15) is 12.0 Å². The Morgan fingerprint density at radius 1 is 1.42 bits per heavy atom. The minimum absolute atomic E-state index is 0.307. The average molecular weight is 181 g/mol. The van der Waals surface area contributed by atoms with E-state index in [-0.39, 0.29) is 0 Å². The third kappa shape index (κ3) is 2.92. The zero-order chi connectivity index (χ0) is 8.81. The average Bonchev–Trinajstić information content (AvgIpc) is 2.09. The van der Waals surface area contributed by atoms with Gasteiger partial charge >= 0.3 is 0 Å². The Labute approximate surface area is 77.1 Å². The first-order chi connectivity index (χ1) is 5.83. The van der Waals surface area contributed by atoms with Crippen LogP contribution in [-0.2, 0) is 0 Å². The van der Waals surface area contributed by atoms with Crippen molar-refractivity contribution in [3.63, 3.8) is 0 Å². The van der Waals surface area contributed by atoms with Crippen LogP contribution in [0.25, 0.3) is 6.08 Å². The molecule has 0 saturated carbocycles. The maximum Gasteiger partial charge on any atom is 0.219 e. The van der Waals surface area contributed by atoms with E-state index in [0.29, 0.717) is 5.95 Å². The summed E-state index contributed by atoms with van der Waals surface area (Å²) >= 11 is 4.08. The van der Waals surface area contributed by atoms with Gasteiger partial charge in [-0.05, 0) is 12.2 Å². The predicted octanol–water partition coefficient (Wildman–Crippen LogP) is 1.39. The van der Waals surface area contributed by atoms with Crippen LogP contribution in [0.3, 0.4) is 0 Å². The van der Waals surface area contributed by atoms with Crippen molar-refractivity contribution in [1.82, 2.24) is 9.97 Å². The summed E-state index contributed by atoms with van der Waals surface area (Å²) in [6.07, 6.45) is 8.32. The zero-order valence-corrected chi connectivity index (χ0v) is 7.54. The van der Waals surface area contributed by atoms with E-state index in [1.165, 1.54) is 0 Å². The van der Waals surface area contributed by atoms with Crippen molar-refractivity contribution < 1.29 is 0 Å². The minimum Gasteiger partial charge on any atom is -0.368 e. The van der Waals surface area contributed by atoms with Crippen LogP contribution in [0, 0.1) is 0 Å². The van der Waals surface area contributed by atoms with Gasteiger partial charge in [-0.3, -0.25) is 0 Å². The molecule has 0 spiro atoms. The first-order valence-corrected chi connectivity index (χ1v) is 4.31. The summed E-state index contributed by atoms with van der Waals surface area (Å²) in [6, 6.07) is 0. The van der Waals surface area contributed by atoms with Crippen LogP contribution >= 0.6 is 12.6 Å². The van der Waals surface area contributed by atoms with Gasteiger partial charge in [0.1, 0.15) is 0 Å². The summed E-state index contributed by atoms with van der Waals surface area (Å²) < 4.78 is 0. The second-order valence-electron chi connectivity index (χ2n) is 2.29. The number of nitrogens with zero attached hydrogens (tertiary/aromatic N) is 2. The van der Waals surface area contributed by atoms with Crippen LogP contribution in [0.4, 0.5) is 5.95 Å². The molecule has 1 heterocycles. The van der Waals surface area contributed by atoms with E-state index in [1.54, 1.807) is 12.4 Å². The molecule has 12 heavy (non-hydrogen) atoms. The first-order valence-electron chi connectivity index (χ1n) is 3.68. The Kier molecular flexibility index (Phi) is 3.60. The van der Waals surface area contributed by atoms with Crippen molar-refractivity contribution in [3.05, 3.63) is 24.0 Å². The molecule has 64 valence electrons. The molecule has 0 saturated heterocycles. The molecule has 0 unspecified atom stereocenters. The fourth-order valence-electron chi connectivity index (χ4n) is 0.728. The van der Waals surface area contributed by atoms with Gasteiger partial charge in [0.15, 0.2) is 0 Å². The summed E-state index contributed by atoms with van der Waals surface area (Å²) in [5, 5.41) is 0. The molecular weight excluding hydrogens is 170 g/mol. The summed E-state index contributed by atoms with van der Waals surface area (Å²) in [5.74, 6) is 1.16. The van der Waals surface area contributed by atoms with Crippen molar-refractivity contribution in [3.8, 4) is 0 Å². The molecule has 3 nitrogen and oxygen atoms in total. The number of hydrogen-bond donors (Lipinski definition) is 2.